The summed E-state index contributed by atoms with van der Waals surface area (Å²) in [5.41, 5.74) is 1.35. The Labute approximate surface area is 99.4 Å². The van der Waals surface area contributed by atoms with E-state index in [4.69, 9.17) is 16.7 Å². The zero-order valence-electron chi connectivity index (χ0n) is 7.58. The van der Waals surface area contributed by atoms with Gasteiger partial charge in [0.05, 0.1) is 5.52 Å². The number of aromatic nitrogens is 1. The van der Waals surface area contributed by atoms with Gasteiger partial charge >= 0.3 is 6.09 Å². The molecule has 1 aromatic heterocycles. The Bertz CT molecular complexity index is 535. The Morgan fingerprint density at radius 1 is 1.47 bits per heavy atom. The van der Waals surface area contributed by atoms with Crippen LogP contribution in [-0.2, 0) is 5.33 Å². The van der Waals surface area contributed by atoms with Gasteiger partial charge < -0.3 is 5.11 Å². The van der Waals surface area contributed by atoms with Gasteiger partial charge in [-0.3, -0.25) is 0 Å². The van der Waals surface area contributed by atoms with Crippen LogP contribution in [0, 0.1) is 0 Å². The molecule has 1 N–H and O–H groups in total. The number of carbonyl (C=O) groups is 1. The van der Waals surface area contributed by atoms with Crippen LogP contribution in [0.25, 0.3) is 10.9 Å². The minimum atomic E-state index is -0.984. The van der Waals surface area contributed by atoms with Gasteiger partial charge in [0.25, 0.3) is 0 Å². The molecule has 1 aromatic carbocycles. The van der Waals surface area contributed by atoms with E-state index >= 15 is 0 Å². The summed E-state index contributed by atoms with van der Waals surface area (Å²) >= 11 is 9.09. The topological polar surface area (TPSA) is 42.2 Å². The molecule has 0 saturated carbocycles. The van der Waals surface area contributed by atoms with Gasteiger partial charge in [-0.05, 0) is 24.3 Å². The fraction of sp³-hybridized carbons (Fsp3) is 0.100. The number of benzene rings is 1. The normalized spacial score (nSPS) is 10.8. The number of fused-ring (bicyclic) bond motifs is 1. The summed E-state index contributed by atoms with van der Waals surface area (Å²) in [6.07, 6.45) is -0.984. The van der Waals surface area contributed by atoms with E-state index in [1.165, 1.54) is 4.57 Å². The molecule has 0 saturated heterocycles. The van der Waals surface area contributed by atoms with Gasteiger partial charge in [-0.2, -0.15) is 0 Å². The fourth-order valence-electron chi connectivity index (χ4n) is 1.57. The maximum atomic E-state index is 11.0. The predicted molar refractivity (Wildman–Crippen MR) is 63.0 cm³/mol. The molecule has 0 spiro atoms. The summed E-state index contributed by atoms with van der Waals surface area (Å²) < 4.78 is 1.25. The van der Waals surface area contributed by atoms with Crippen molar-refractivity contribution in [3.05, 3.63) is 35.0 Å². The molecule has 0 aliphatic rings. The van der Waals surface area contributed by atoms with E-state index in [9.17, 15) is 4.79 Å². The summed E-state index contributed by atoms with van der Waals surface area (Å²) in [7, 11) is 0. The molecule has 0 amide bonds. The number of hydrogen-bond donors (Lipinski definition) is 1. The molecular formula is C10H7BrClNO2. The van der Waals surface area contributed by atoms with Crippen LogP contribution >= 0.6 is 27.5 Å². The number of nitrogens with zero attached hydrogens (tertiary/aromatic N) is 1. The molecule has 15 heavy (non-hydrogen) atoms. The van der Waals surface area contributed by atoms with Crippen molar-refractivity contribution < 1.29 is 9.90 Å². The van der Waals surface area contributed by atoms with Gasteiger partial charge in [0, 0.05) is 21.4 Å². The smallest absolute Gasteiger partial charge is 0.416 e. The average molecular weight is 289 g/mol. The van der Waals surface area contributed by atoms with E-state index in [0.717, 1.165) is 5.39 Å². The van der Waals surface area contributed by atoms with Gasteiger partial charge in [0.2, 0.25) is 0 Å². The zero-order chi connectivity index (χ0) is 11.0. The monoisotopic (exact) mass is 287 g/mol. The number of carboxylic acid groups (broad SMARTS) is 1. The lowest BCUT2D eigenvalue weighted by Gasteiger charge is -2.01. The van der Waals surface area contributed by atoms with E-state index in [0.29, 0.717) is 21.6 Å². The van der Waals surface area contributed by atoms with Crippen molar-refractivity contribution in [1.82, 2.24) is 4.57 Å². The van der Waals surface area contributed by atoms with Crippen LogP contribution in [0.2, 0.25) is 5.02 Å². The molecule has 0 unspecified atom stereocenters. The molecule has 0 fully saturated rings. The molecule has 3 nitrogen and oxygen atoms in total. The highest BCUT2D eigenvalue weighted by Crippen LogP contribution is 2.24. The van der Waals surface area contributed by atoms with Gasteiger partial charge in [0.1, 0.15) is 0 Å². The molecule has 0 aliphatic heterocycles. The van der Waals surface area contributed by atoms with Crippen LogP contribution in [-0.4, -0.2) is 15.8 Å². The third-order valence-corrected chi connectivity index (χ3v) is 2.98. The molecule has 5 heteroatoms. The van der Waals surface area contributed by atoms with Crippen molar-refractivity contribution in [2.75, 3.05) is 0 Å². The Hall–Kier alpha value is -1.00. The summed E-state index contributed by atoms with van der Waals surface area (Å²) in [6, 6.07) is 6.95. The van der Waals surface area contributed by atoms with Crippen LogP contribution in [0.5, 0.6) is 0 Å². The maximum absolute atomic E-state index is 11.0. The van der Waals surface area contributed by atoms with E-state index < -0.39 is 6.09 Å². The number of halogens is 2. The number of rotatable bonds is 1. The van der Waals surface area contributed by atoms with E-state index in [2.05, 4.69) is 15.9 Å². The third kappa shape index (κ3) is 1.75. The first-order valence-electron chi connectivity index (χ1n) is 4.22. The lowest BCUT2D eigenvalue weighted by Crippen LogP contribution is -2.10. The van der Waals surface area contributed by atoms with Gasteiger partial charge in [0.15, 0.2) is 0 Å². The van der Waals surface area contributed by atoms with E-state index in [1.807, 2.05) is 6.07 Å². The van der Waals surface area contributed by atoms with Gasteiger partial charge in [-0.1, -0.05) is 27.5 Å². The van der Waals surface area contributed by atoms with Crippen molar-refractivity contribution in [3.8, 4) is 0 Å². The standard InChI is InChI=1S/C10H7BrClNO2/c11-5-8-4-6-3-7(12)1-2-9(6)13(8)10(14)15/h1-4H,5H2,(H,14,15). The second-order valence-electron chi connectivity index (χ2n) is 3.09. The summed E-state index contributed by atoms with van der Waals surface area (Å²) in [6.45, 7) is 0. The number of alkyl halides is 1. The van der Waals surface area contributed by atoms with Crippen LogP contribution in [0.3, 0.4) is 0 Å². The lowest BCUT2D eigenvalue weighted by molar-refractivity contribution is 0.197. The Morgan fingerprint density at radius 2 is 2.20 bits per heavy atom. The Kier molecular flexibility index (Phi) is 2.71. The molecular weight excluding hydrogens is 281 g/mol. The molecule has 0 radical (unpaired) electrons. The lowest BCUT2D eigenvalue weighted by atomic mass is 10.2. The van der Waals surface area contributed by atoms with Crippen LogP contribution in [0.4, 0.5) is 4.79 Å². The summed E-state index contributed by atoms with van der Waals surface area (Å²) in [5.74, 6) is 0. The molecule has 2 rings (SSSR count). The third-order valence-electron chi connectivity index (χ3n) is 2.17. The first kappa shape index (κ1) is 10.5. The second kappa shape index (κ2) is 3.87. The molecule has 0 aliphatic carbocycles. The van der Waals surface area contributed by atoms with Gasteiger partial charge in [-0.25, -0.2) is 9.36 Å². The molecule has 0 bridgehead atoms. The van der Waals surface area contributed by atoms with E-state index in [1.54, 1.807) is 18.2 Å². The maximum Gasteiger partial charge on any atom is 0.416 e. The highest BCUT2D eigenvalue weighted by molar-refractivity contribution is 9.08. The van der Waals surface area contributed by atoms with E-state index in [-0.39, 0.29) is 0 Å². The highest BCUT2D eigenvalue weighted by Gasteiger charge is 2.12. The van der Waals surface area contributed by atoms with Crippen molar-refractivity contribution in [3.63, 3.8) is 0 Å². The molecule has 1 heterocycles. The van der Waals surface area contributed by atoms with Gasteiger partial charge in [-0.15, -0.1) is 0 Å². The molecule has 78 valence electrons. The largest absolute Gasteiger partial charge is 0.464 e. The zero-order valence-corrected chi connectivity index (χ0v) is 9.92. The predicted octanol–water partition coefficient (Wildman–Crippen LogP) is 3.72. The first-order valence-corrected chi connectivity index (χ1v) is 5.72. The fourth-order valence-corrected chi connectivity index (χ4v) is 2.16. The number of hydrogen-bond acceptors (Lipinski definition) is 1. The highest BCUT2D eigenvalue weighted by atomic mass is 79.9. The molecule has 0 atom stereocenters. The minimum absolute atomic E-state index is 0.492. The average Bonchev–Trinajstić information content (AvgIpc) is 2.54. The Balaban J connectivity index is 2.80. The SMILES string of the molecule is O=C(O)n1c(CBr)cc2cc(Cl)ccc21. The summed E-state index contributed by atoms with van der Waals surface area (Å²) in [5, 5.41) is 11.0. The van der Waals surface area contributed by atoms with Crippen molar-refractivity contribution >= 4 is 44.5 Å². The van der Waals surface area contributed by atoms with Crippen molar-refractivity contribution in [2.45, 2.75) is 5.33 Å². The van der Waals surface area contributed by atoms with Crippen molar-refractivity contribution in [1.29, 1.82) is 0 Å². The molecule has 2 aromatic rings. The summed E-state index contributed by atoms with van der Waals surface area (Å²) in [4.78, 5) is 11.0. The first-order chi connectivity index (χ1) is 7.13. The Morgan fingerprint density at radius 3 is 2.80 bits per heavy atom. The van der Waals surface area contributed by atoms with Crippen LogP contribution < -0.4 is 0 Å². The second-order valence-corrected chi connectivity index (χ2v) is 4.09. The van der Waals surface area contributed by atoms with Crippen LogP contribution in [0.15, 0.2) is 24.3 Å². The van der Waals surface area contributed by atoms with Crippen molar-refractivity contribution in [2.24, 2.45) is 0 Å². The minimum Gasteiger partial charge on any atom is -0.464 e. The van der Waals surface area contributed by atoms with Crippen LogP contribution in [0.1, 0.15) is 5.69 Å². The quantitative estimate of drug-likeness (QED) is 0.813.